The van der Waals surface area contributed by atoms with E-state index in [1.807, 2.05) is 200 Å². The van der Waals surface area contributed by atoms with E-state index in [1.165, 1.54) is 0 Å². The van der Waals surface area contributed by atoms with Gasteiger partial charge in [-0.25, -0.2) is 44.9 Å². The number of fused-ring (bicyclic) bond motifs is 3. The topological polar surface area (TPSA) is 134 Å². The zero-order chi connectivity index (χ0) is 52.5. The standard InChI is InChI=1S/C68H43N11/c1-7-22-44(23-8-1)60-70-61(45-24-9-2-10-25-45)74-66(73-60)50-37-39-57-54(42-50)52-34-19-20-36-56(52)79(57)58-40-38-51(67-75-62(46-26-11-3-12-27-46)71-63(76-67)47-28-13-4-14-29-47)43-55(58)59-53(35-21-41-69-59)68-77-64(48-30-15-5-16-31-48)72-65(78-68)49-32-17-6-18-33-49/h1-43H. The van der Waals surface area contributed by atoms with Crippen molar-refractivity contribution in [1.82, 2.24) is 54.4 Å². The SMILES string of the molecule is c1ccc(-c2nc(-c3ccccc3)nc(-c3ccc(-n4c5ccccc5c5cc(-c6nc(-c7ccccc7)nc(-c7ccccc7)n6)ccc54)c(-c4ncccc4-c4nc(-c5ccccc5)nc(-c5ccccc5)n4)c3)n2)cc1. The van der Waals surface area contributed by atoms with Gasteiger partial charge in [-0.1, -0.05) is 200 Å². The molecule has 0 amide bonds. The predicted octanol–water partition coefficient (Wildman–Crippen LogP) is 15.4. The van der Waals surface area contributed by atoms with Crippen LogP contribution in [0, 0.1) is 0 Å². The molecule has 0 radical (unpaired) electrons. The Morgan fingerprint density at radius 2 is 0.570 bits per heavy atom. The predicted molar refractivity (Wildman–Crippen MR) is 313 cm³/mol. The summed E-state index contributed by atoms with van der Waals surface area (Å²) < 4.78 is 2.31. The Bertz CT molecular complexity index is 4350. The molecule has 5 heterocycles. The van der Waals surface area contributed by atoms with Gasteiger partial charge in [-0.3, -0.25) is 4.98 Å². The molecule has 11 heteroatoms. The van der Waals surface area contributed by atoms with Crippen LogP contribution in [0.2, 0.25) is 0 Å². The van der Waals surface area contributed by atoms with Gasteiger partial charge in [-0.2, -0.15) is 0 Å². The molecular weight excluding hydrogens is 971 g/mol. The molecule has 0 spiro atoms. The number of hydrogen-bond donors (Lipinski definition) is 0. The lowest BCUT2D eigenvalue weighted by atomic mass is 9.99. The summed E-state index contributed by atoms with van der Waals surface area (Å²) >= 11 is 0. The molecule has 14 rings (SSSR count). The van der Waals surface area contributed by atoms with Crippen LogP contribution >= 0.6 is 0 Å². The number of nitrogens with zero attached hydrogens (tertiary/aromatic N) is 11. The first kappa shape index (κ1) is 46.5. The lowest BCUT2D eigenvalue weighted by molar-refractivity contribution is 1.07. The Hall–Kier alpha value is -11.0. The maximum absolute atomic E-state index is 5.26. The summed E-state index contributed by atoms with van der Waals surface area (Å²) in [5.41, 5.74) is 11.9. The van der Waals surface area contributed by atoms with Gasteiger partial charge in [-0.05, 0) is 54.6 Å². The Morgan fingerprint density at radius 1 is 0.228 bits per heavy atom. The molecule has 9 aromatic carbocycles. The van der Waals surface area contributed by atoms with Crippen LogP contribution in [0.4, 0.5) is 0 Å². The molecule has 0 atom stereocenters. The third-order valence-corrected chi connectivity index (χ3v) is 13.8. The van der Waals surface area contributed by atoms with Crippen molar-refractivity contribution in [2.45, 2.75) is 0 Å². The van der Waals surface area contributed by atoms with Crippen LogP contribution in [0.1, 0.15) is 0 Å². The largest absolute Gasteiger partial charge is 0.309 e. The van der Waals surface area contributed by atoms with E-state index in [0.717, 1.165) is 77.6 Å². The second-order valence-electron chi connectivity index (χ2n) is 18.8. The smallest absolute Gasteiger partial charge is 0.166 e. The minimum Gasteiger partial charge on any atom is -0.309 e. The van der Waals surface area contributed by atoms with Gasteiger partial charge in [0.1, 0.15) is 0 Å². The first-order valence-electron chi connectivity index (χ1n) is 25.9. The van der Waals surface area contributed by atoms with Crippen molar-refractivity contribution >= 4 is 21.8 Å². The third kappa shape index (κ3) is 9.02. The molecule has 0 saturated heterocycles. The van der Waals surface area contributed by atoms with E-state index in [2.05, 4.69) is 65.2 Å². The van der Waals surface area contributed by atoms with Gasteiger partial charge in [0.05, 0.1) is 22.4 Å². The molecule has 79 heavy (non-hydrogen) atoms. The van der Waals surface area contributed by atoms with E-state index in [0.29, 0.717) is 63.7 Å². The first-order valence-corrected chi connectivity index (χ1v) is 25.9. The Balaban J connectivity index is 1.01. The monoisotopic (exact) mass is 1010 g/mol. The Kier molecular flexibility index (Phi) is 11.9. The van der Waals surface area contributed by atoms with Crippen LogP contribution in [0.3, 0.4) is 0 Å². The minimum atomic E-state index is 0.471. The van der Waals surface area contributed by atoms with Crippen molar-refractivity contribution in [2.24, 2.45) is 0 Å². The highest BCUT2D eigenvalue weighted by atomic mass is 15.1. The zero-order valence-electron chi connectivity index (χ0n) is 42.2. The van der Waals surface area contributed by atoms with E-state index in [-0.39, 0.29) is 0 Å². The lowest BCUT2D eigenvalue weighted by Gasteiger charge is -2.18. The molecule has 0 N–H and O–H groups in total. The average Bonchev–Trinajstić information content (AvgIpc) is 4.12. The number of pyridine rings is 1. The van der Waals surface area contributed by atoms with Crippen molar-refractivity contribution in [3.8, 4) is 119 Å². The minimum absolute atomic E-state index is 0.471. The maximum Gasteiger partial charge on any atom is 0.166 e. The van der Waals surface area contributed by atoms with Crippen molar-refractivity contribution in [3.05, 3.63) is 261 Å². The van der Waals surface area contributed by atoms with Crippen molar-refractivity contribution in [3.63, 3.8) is 0 Å². The van der Waals surface area contributed by atoms with Crippen molar-refractivity contribution < 1.29 is 0 Å². The van der Waals surface area contributed by atoms with Crippen LogP contribution in [-0.4, -0.2) is 54.4 Å². The van der Waals surface area contributed by atoms with Crippen LogP contribution in [0.15, 0.2) is 261 Å². The maximum atomic E-state index is 5.26. The van der Waals surface area contributed by atoms with E-state index in [4.69, 9.17) is 49.8 Å². The molecule has 0 aliphatic heterocycles. The van der Waals surface area contributed by atoms with Gasteiger partial charge in [0.2, 0.25) is 0 Å². The lowest BCUT2D eigenvalue weighted by Crippen LogP contribution is -2.04. The number of hydrogen-bond acceptors (Lipinski definition) is 10. The van der Waals surface area contributed by atoms with Crippen LogP contribution in [-0.2, 0) is 0 Å². The normalized spacial score (nSPS) is 11.3. The highest BCUT2D eigenvalue weighted by molar-refractivity contribution is 6.11. The average molecular weight is 1010 g/mol. The summed E-state index contributed by atoms with van der Waals surface area (Å²) in [6.45, 7) is 0. The number of benzene rings is 9. The fourth-order valence-corrected chi connectivity index (χ4v) is 10.0. The van der Waals surface area contributed by atoms with E-state index < -0.39 is 0 Å². The van der Waals surface area contributed by atoms with Crippen LogP contribution in [0.5, 0.6) is 0 Å². The molecule has 14 aromatic rings. The van der Waals surface area contributed by atoms with E-state index in [1.54, 1.807) is 0 Å². The van der Waals surface area contributed by atoms with E-state index in [9.17, 15) is 0 Å². The Labute approximate surface area is 454 Å². The van der Waals surface area contributed by atoms with Gasteiger partial charge in [0.25, 0.3) is 0 Å². The van der Waals surface area contributed by atoms with Crippen molar-refractivity contribution in [1.29, 1.82) is 0 Å². The Morgan fingerprint density at radius 3 is 1.00 bits per heavy atom. The third-order valence-electron chi connectivity index (χ3n) is 13.8. The summed E-state index contributed by atoms with van der Waals surface area (Å²) in [4.78, 5) is 51.3. The van der Waals surface area contributed by atoms with E-state index >= 15 is 0 Å². The zero-order valence-corrected chi connectivity index (χ0v) is 42.2. The first-order chi connectivity index (χ1) is 39.1. The van der Waals surface area contributed by atoms with Gasteiger partial charge in [-0.15, -0.1) is 0 Å². The molecule has 5 aromatic heterocycles. The summed E-state index contributed by atoms with van der Waals surface area (Å²) in [5.74, 6) is 4.94. The van der Waals surface area contributed by atoms with Crippen molar-refractivity contribution in [2.75, 3.05) is 0 Å². The highest BCUT2D eigenvalue weighted by Crippen LogP contribution is 2.42. The summed E-state index contributed by atoms with van der Waals surface area (Å²) in [5, 5.41) is 2.06. The molecule has 0 saturated carbocycles. The van der Waals surface area contributed by atoms with Crippen LogP contribution < -0.4 is 0 Å². The molecule has 11 nitrogen and oxygen atoms in total. The van der Waals surface area contributed by atoms with Gasteiger partial charge in [0, 0.05) is 72.6 Å². The molecular formula is C68H43N11. The molecule has 0 unspecified atom stereocenters. The summed E-state index contributed by atoms with van der Waals surface area (Å²) in [7, 11) is 0. The quantitative estimate of drug-likeness (QED) is 0.123. The molecule has 0 bridgehead atoms. The van der Waals surface area contributed by atoms with Gasteiger partial charge in [0.15, 0.2) is 52.4 Å². The second-order valence-corrected chi connectivity index (χ2v) is 18.8. The van der Waals surface area contributed by atoms with Crippen LogP contribution in [0.25, 0.3) is 141 Å². The second kappa shape index (κ2) is 20.2. The van der Waals surface area contributed by atoms with Gasteiger partial charge < -0.3 is 4.57 Å². The fraction of sp³-hybridized carbons (Fsp3) is 0. The molecule has 370 valence electrons. The highest BCUT2D eigenvalue weighted by Gasteiger charge is 2.24. The molecule has 0 aliphatic rings. The number of aromatic nitrogens is 11. The fourth-order valence-electron chi connectivity index (χ4n) is 10.0. The summed E-state index contributed by atoms with van der Waals surface area (Å²) in [6.07, 6.45) is 1.82. The van der Waals surface area contributed by atoms with Gasteiger partial charge >= 0.3 is 0 Å². The number of rotatable bonds is 11. The molecule has 0 aliphatic carbocycles. The number of para-hydroxylation sites is 1. The molecule has 0 fully saturated rings. The summed E-state index contributed by atoms with van der Waals surface area (Å²) in [6, 6.07) is 85.3.